The zero-order valence-electron chi connectivity index (χ0n) is 18.0. The molecule has 2 N–H and O–H groups in total. The van der Waals surface area contributed by atoms with E-state index in [2.05, 4.69) is 15.0 Å². The highest BCUT2D eigenvalue weighted by Gasteiger charge is 2.32. The molecule has 2 heterocycles. The first-order valence-corrected chi connectivity index (χ1v) is 13.3. The molecular formula is C23H23N3O5S2. The van der Waals surface area contributed by atoms with Crippen molar-refractivity contribution in [1.82, 2.24) is 9.71 Å². The highest BCUT2D eigenvalue weighted by molar-refractivity contribution is 7.92. The summed E-state index contributed by atoms with van der Waals surface area (Å²) in [5.74, 6) is -0.673. The van der Waals surface area contributed by atoms with E-state index >= 15 is 0 Å². The quantitative estimate of drug-likeness (QED) is 0.531. The standard InChI is InChI=1S/C23H23N3O5S2/c1-15-5-7-18(8-6-15)32(28,29)22(17-4-3-11-24-13-17)14-25-33(30,31)19-9-10-21-20(12-19)16(2)23(27)26-21/h3-13,16,22,25H,14H2,1-2H3,(H,26,27). The topological polar surface area (TPSA) is 122 Å². The van der Waals surface area contributed by atoms with E-state index in [1.54, 1.807) is 31.2 Å². The number of nitrogens with one attached hydrogen (secondary N) is 2. The van der Waals surface area contributed by atoms with Gasteiger partial charge in [0.15, 0.2) is 9.84 Å². The fourth-order valence-electron chi connectivity index (χ4n) is 3.70. The number of aryl methyl sites for hydroxylation is 1. The van der Waals surface area contributed by atoms with E-state index in [0.717, 1.165) is 5.56 Å². The van der Waals surface area contributed by atoms with Crippen LogP contribution in [0, 0.1) is 6.92 Å². The lowest BCUT2D eigenvalue weighted by molar-refractivity contribution is -0.116. The number of sulfone groups is 1. The fraction of sp³-hybridized carbons (Fsp3) is 0.217. The van der Waals surface area contributed by atoms with Crippen molar-refractivity contribution in [3.63, 3.8) is 0 Å². The summed E-state index contributed by atoms with van der Waals surface area (Å²) in [5.41, 5.74) is 2.44. The van der Waals surface area contributed by atoms with Crippen LogP contribution in [0.15, 0.2) is 76.8 Å². The van der Waals surface area contributed by atoms with E-state index in [-0.39, 0.29) is 22.2 Å². The van der Waals surface area contributed by atoms with E-state index in [1.165, 1.54) is 42.7 Å². The van der Waals surface area contributed by atoms with Crippen LogP contribution in [0.1, 0.15) is 34.8 Å². The molecule has 10 heteroatoms. The Morgan fingerprint density at radius 3 is 2.39 bits per heavy atom. The Balaban J connectivity index is 1.65. The molecule has 2 aromatic carbocycles. The van der Waals surface area contributed by atoms with Crippen molar-refractivity contribution in [1.29, 1.82) is 0 Å². The zero-order valence-corrected chi connectivity index (χ0v) is 19.7. The van der Waals surface area contributed by atoms with Gasteiger partial charge in [-0.3, -0.25) is 9.78 Å². The zero-order chi connectivity index (χ0) is 23.8. The Hall–Kier alpha value is -3.08. The molecule has 3 aromatic rings. The van der Waals surface area contributed by atoms with Gasteiger partial charge in [-0.05, 0) is 61.4 Å². The number of hydrogen-bond acceptors (Lipinski definition) is 6. The predicted molar refractivity (Wildman–Crippen MR) is 124 cm³/mol. The molecule has 1 aromatic heterocycles. The van der Waals surface area contributed by atoms with Gasteiger partial charge in [0.05, 0.1) is 15.7 Å². The maximum atomic E-state index is 13.4. The van der Waals surface area contributed by atoms with Crippen LogP contribution in [0.3, 0.4) is 0 Å². The van der Waals surface area contributed by atoms with Crippen molar-refractivity contribution in [2.24, 2.45) is 0 Å². The summed E-state index contributed by atoms with van der Waals surface area (Å²) in [6.07, 6.45) is 2.93. The number of benzene rings is 2. The largest absolute Gasteiger partial charge is 0.325 e. The lowest BCUT2D eigenvalue weighted by atomic mass is 10.0. The van der Waals surface area contributed by atoms with Gasteiger partial charge in [-0.15, -0.1) is 0 Å². The number of pyridine rings is 1. The SMILES string of the molecule is Cc1ccc(S(=O)(=O)C(CNS(=O)(=O)c2ccc3c(c2)C(C)C(=O)N3)c2cccnc2)cc1. The van der Waals surface area contributed by atoms with Gasteiger partial charge in [0, 0.05) is 24.6 Å². The summed E-state index contributed by atoms with van der Waals surface area (Å²) in [6, 6.07) is 14.0. The molecule has 2 unspecified atom stereocenters. The second-order valence-corrected chi connectivity index (χ2v) is 11.8. The van der Waals surface area contributed by atoms with Gasteiger partial charge in [-0.1, -0.05) is 23.8 Å². The highest BCUT2D eigenvalue weighted by atomic mass is 32.2. The molecule has 0 fully saturated rings. The molecule has 1 amide bonds. The maximum absolute atomic E-state index is 13.4. The van der Waals surface area contributed by atoms with Gasteiger partial charge in [-0.25, -0.2) is 21.6 Å². The predicted octanol–water partition coefficient (Wildman–Crippen LogP) is 2.94. The van der Waals surface area contributed by atoms with Crippen LogP contribution in [0.2, 0.25) is 0 Å². The van der Waals surface area contributed by atoms with E-state index in [0.29, 0.717) is 16.8 Å². The number of nitrogens with zero attached hydrogens (tertiary/aromatic N) is 1. The molecule has 0 saturated heterocycles. The number of aromatic nitrogens is 1. The minimum atomic E-state index is -4.05. The highest BCUT2D eigenvalue weighted by Crippen LogP contribution is 2.34. The van der Waals surface area contributed by atoms with Gasteiger partial charge < -0.3 is 5.32 Å². The molecule has 0 saturated carbocycles. The summed E-state index contributed by atoms with van der Waals surface area (Å²) in [4.78, 5) is 15.9. The van der Waals surface area contributed by atoms with Crippen LogP contribution in [-0.2, 0) is 24.7 Å². The van der Waals surface area contributed by atoms with E-state index in [1.807, 2.05) is 6.92 Å². The van der Waals surface area contributed by atoms with Gasteiger partial charge >= 0.3 is 0 Å². The lowest BCUT2D eigenvalue weighted by Gasteiger charge is -2.19. The molecule has 4 rings (SSSR count). The minimum absolute atomic E-state index is 0.0396. The van der Waals surface area contributed by atoms with Crippen molar-refractivity contribution >= 4 is 31.5 Å². The molecule has 2 atom stereocenters. The van der Waals surface area contributed by atoms with Crippen LogP contribution in [0.4, 0.5) is 5.69 Å². The van der Waals surface area contributed by atoms with E-state index in [4.69, 9.17) is 0 Å². The molecule has 8 nitrogen and oxygen atoms in total. The third-order valence-corrected chi connectivity index (χ3v) is 9.23. The second-order valence-electron chi connectivity index (χ2n) is 7.94. The first-order valence-electron chi connectivity index (χ1n) is 10.2. The normalized spacial score (nSPS) is 16.8. The number of sulfonamides is 1. The van der Waals surface area contributed by atoms with Crippen molar-refractivity contribution in [2.75, 3.05) is 11.9 Å². The summed E-state index contributed by atoms with van der Waals surface area (Å²) in [5, 5.41) is 1.52. The third kappa shape index (κ3) is 4.54. The number of fused-ring (bicyclic) bond motifs is 1. The molecule has 172 valence electrons. The Labute approximate surface area is 193 Å². The van der Waals surface area contributed by atoms with Crippen LogP contribution in [0.5, 0.6) is 0 Å². The summed E-state index contributed by atoms with van der Waals surface area (Å²) in [6.45, 7) is 3.16. The molecule has 0 spiro atoms. The number of anilines is 1. The molecular weight excluding hydrogens is 462 g/mol. The van der Waals surface area contributed by atoms with Crippen LogP contribution < -0.4 is 10.0 Å². The first kappa shape index (κ1) is 23.1. The Morgan fingerprint density at radius 2 is 1.73 bits per heavy atom. The Bertz CT molecular complexity index is 1400. The first-order chi connectivity index (χ1) is 15.6. The van der Waals surface area contributed by atoms with Gasteiger partial charge in [-0.2, -0.15) is 0 Å². The summed E-state index contributed by atoms with van der Waals surface area (Å²) in [7, 11) is -7.97. The lowest BCUT2D eigenvalue weighted by Crippen LogP contribution is -2.32. The van der Waals surface area contributed by atoms with Crippen LogP contribution in [-0.4, -0.2) is 34.3 Å². The van der Waals surface area contributed by atoms with Crippen LogP contribution in [0.25, 0.3) is 0 Å². The van der Waals surface area contributed by atoms with Crippen molar-refractivity contribution in [3.05, 3.63) is 83.7 Å². The van der Waals surface area contributed by atoms with Gasteiger partial charge in [0.25, 0.3) is 0 Å². The van der Waals surface area contributed by atoms with Crippen molar-refractivity contribution in [3.8, 4) is 0 Å². The number of carbonyl (C=O) groups is 1. The molecule has 0 aliphatic carbocycles. The molecule has 1 aliphatic heterocycles. The monoisotopic (exact) mass is 485 g/mol. The third-order valence-electron chi connectivity index (χ3n) is 5.69. The van der Waals surface area contributed by atoms with E-state index < -0.39 is 31.0 Å². The molecule has 0 radical (unpaired) electrons. The molecule has 33 heavy (non-hydrogen) atoms. The number of amides is 1. The fourth-order valence-corrected chi connectivity index (χ4v) is 6.53. The molecule has 1 aliphatic rings. The Morgan fingerprint density at radius 1 is 1.03 bits per heavy atom. The average molecular weight is 486 g/mol. The van der Waals surface area contributed by atoms with E-state index in [9.17, 15) is 21.6 Å². The smallest absolute Gasteiger partial charge is 0.240 e. The number of rotatable bonds is 7. The second kappa shape index (κ2) is 8.69. The summed E-state index contributed by atoms with van der Waals surface area (Å²) < 4.78 is 55.4. The van der Waals surface area contributed by atoms with Crippen molar-refractivity contribution < 1.29 is 21.6 Å². The average Bonchev–Trinajstić information content (AvgIpc) is 3.08. The van der Waals surface area contributed by atoms with Gasteiger partial charge in [0.2, 0.25) is 15.9 Å². The maximum Gasteiger partial charge on any atom is 0.240 e. The van der Waals surface area contributed by atoms with Crippen molar-refractivity contribution in [2.45, 2.75) is 34.8 Å². The van der Waals surface area contributed by atoms with Gasteiger partial charge in [0.1, 0.15) is 5.25 Å². The number of carbonyl (C=O) groups excluding carboxylic acids is 1. The minimum Gasteiger partial charge on any atom is -0.325 e. The summed E-state index contributed by atoms with van der Waals surface area (Å²) >= 11 is 0. The van der Waals surface area contributed by atoms with Crippen LogP contribution >= 0.6 is 0 Å². The Kier molecular flexibility index (Phi) is 6.08. The molecule has 0 bridgehead atoms. The number of hydrogen-bond donors (Lipinski definition) is 2.